The molecule has 1 aromatic rings. The maximum atomic E-state index is 10.6. The van der Waals surface area contributed by atoms with Crippen molar-refractivity contribution in [2.75, 3.05) is 18.5 Å². The van der Waals surface area contributed by atoms with Crippen LogP contribution in [0.1, 0.15) is 19.4 Å². The van der Waals surface area contributed by atoms with Crippen LogP contribution in [-0.4, -0.2) is 24.7 Å². The molecule has 0 aliphatic rings. The van der Waals surface area contributed by atoms with Crippen LogP contribution in [0.25, 0.3) is 6.08 Å². The van der Waals surface area contributed by atoms with Gasteiger partial charge in [0.25, 0.3) is 0 Å². The van der Waals surface area contributed by atoms with E-state index in [2.05, 4.69) is 18.7 Å². The maximum absolute atomic E-state index is 10.6. The van der Waals surface area contributed by atoms with Crippen LogP contribution >= 0.6 is 11.6 Å². The second-order valence-corrected chi connectivity index (χ2v) is 5.03. The summed E-state index contributed by atoms with van der Waals surface area (Å²) in [6, 6.07) is 5.57. The standard InChI is InChI=1S/C14H18ClNO2/c1-10(2)9-16(3)13-6-4-5-12(15)11(13)7-8-14(17)18/h4-8,10H,9H2,1-3H3,(H,17,18)/b8-7+. The maximum Gasteiger partial charge on any atom is 0.328 e. The van der Waals surface area contributed by atoms with E-state index in [9.17, 15) is 4.79 Å². The van der Waals surface area contributed by atoms with Crippen molar-refractivity contribution in [1.82, 2.24) is 0 Å². The molecule has 0 unspecified atom stereocenters. The molecule has 0 spiro atoms. The van der Waals surface area contributed by atoms with Crippen LogP contribution in [0.4, 0.5) is 5.69 Å². The van der Waals surface area contributed by atoms with E-state index in [1.54, 1.807) is 6.07 Å². The molecule has 1 rings (SSSR count). The summed E-state index contributed by atoms with van der Waals surface area (Å²) in [6.45, 7) is 5.15. The van der Waals surface area contributed by atoms with E-state index >= 15 is 0 Å². The molecule has 0 aliphatic carbocycles. The molecule has 0 saturated heterocycles. The van der Waals surface area contributed by atoms with Gasteiger partial charge in [0.15, 0.2) is 0 Å². The summed E-state index contributed by atoms with van der Waals surface area (Å²) >= 11 is 6.12. The third-order valence-electron chi connectivity index (χ3n) is 2.47. The number of rotatable bonds is 5. The highest BCUT2D eigenvalue weighted by Crippen LogP contribution is 2.28. The number of anilines is 1. The fraction of sp³-hybridized carbons (Fsp3) is 0.357. The summed E-state index contributed by atoms with van der Waals surface area (Å²) < 4.78 is 0. The smallest absolute Gasteiger partial charge is 0.328 e. The van der Waals surface area contributed by atoms with Gasteiger partial charge in [-0.15, -0.1) is 0 Å². The number of nitrogens with zero attached hydrogens (tertiary/aromatic N) is 1. The number of carbonyl (C=O) groups is 1. The Hall–Kier alpha value is -1.48. The Balaban J connectivity index is 3.11. The quantitative estimate of drug-likeness (QED) is 0.830. The van der Waals surface area contributed by atoms with E-state index in [-0.39, 0.29) is 0 Å². The zero-order valence-corrected chi connectivity index (χ0v) is 11.6. The Bertz CT molecular complexity index is 455. The largest absolute Gasteiger partial charge is 0.478 e. The summed E-state index contributed by atoms with van der Waals surface area (Å²) in [5.41, 5.74) is 1.68. The van der Waals surface area contributed by atoms with Gasteiger partial charge in [0.2, 0.25) is 0 Å². The number of halogens is 1. The summed E-state index contributed by atoms with van der Waals surface area (Å²) in [7, 11) is 1.98. The SMILES string of the molecule is CC(C)CN(C)c1cccc(Cl)c1/C=C/C(=O)O. The van der Waals surface area contributed by atoms with Crippen molar-refractivity contribution in [2.24, 2.45) is 5.92 Å². The lowest BCUT2D eigenvalue weighted by molar-refractivity contribution is -0.131. The van der Waals surface area contributed by atoms with Crippen LogP contribution in [0.3, 0.4) is 0 Å². The molecule has 0 saturated carbocycles. The van der Waals surface area contributed by atoms with E-state index in [1.807, 2.05) is 19.2 Å². The number of hydrogen-bond acceptors (Lipinski definition) is 2. The van der Waals surface area contributed by atoms with Crippen LogP contribution < -0.4 is 4.90 Å². The van der Waals surface area contributed by atoms with Crippen molar-refractivity contribution >= 4 is 29.3 Å². The zero-order valence-electron chi connectivity index (χ0n) is 10.9. The molecule has 1 N–H and O–H groups in total. The van der Waals surface area contributed by atoms with E-state index < -0.39 is 5.97 Å². The molecule has 0 fully saturated rings. The summed E-state index contributed by atoms with van der Waals surface area (Å²) in [6.07, 6.45) is 2.64. The minimum Gasteiger partial charge on any atom is -0.478 e. The van der Waals surface area contributed by atoms with Crippen molar-refractivity contribution in [2.45, 2.75) is 13.8 Å². The lowest BCUT2D eigenvalue weighted by Crippen LogP contribution is -2.23. The van der Waals surface area contributed by atoms with Crippen molar-refractivity contribution < 1.29 is 9.90 Å². The highest BCUT2D eigenvalue weighted by atomic mass is 35.5. The zero-order chi connectivity index (χ0) is 13.7. The molecule has 0 amide bonds. The first-order valence-corrected chi connectivity index (χ1v) is 6.20. The molecule has 18 heavy (non-hydrogen) atoms. The second kappa shape index (κ2) is 6.45. The highest BCUT2D eigenvalue weighted by Gasteiger charge is 2.10. The van der Waals surface area contributed by atoms with Gasteiger partial charge in [-0.25, -0.2) is 4.79 Å². The number of benzene rings is 1. The highest BCUT2D eigenvalue weighted by molar-refractivity contribution is 6.32. The fourth-order valence-corrected chi connectivity index (χ4v) is 2.06. The van der Waals surface area contributed by atoms with Crippen molar-refractivity contribution in [3.05, 3.63) is 34.9 Å². The van der Waals surface area contributed by atoms with E-state index in [4.69, 9.17) is 16.7 Å². The second-order valence-electron chi connectivity index (χ2n) is 4.62. The van der Waals surface area contributed by atoms with Gasteiger partial charge in [-0.2, -0.15) is 0 Å². The summed E-state index contributed by atoms with van der Waals surface area (Å²) in [5, 5.41) is 9.25. The average Bonchev–Trinajstić information content (AvgIpc) is 2.25. The van der Waals surface area contributed by atoms with Gasteiger partial charge in [-0.3, -0.25) is 0 Å². The Morgan fingerprint density at radius 1 is 1.50 bits per heavy atom. The van der Waals surface area contributed by atoms with Gasteiger partial charge in [0.05, 0.1) is 0 Å². The summed E-state index contributed by atoms with van der Waals surface area (Å²) in [4.78, 5) is 12.7. The van der Waals surface area contributed by atoms with Gasteiger partial charge in [0, 0.05) is 35.9 Å². The fourth-order valence-electron chi connectivity index (χ4n) is 1.82. The predicted molar refractivity (Wildman–Crippen MR) is 76.2 cm³/mol. The van der Waals surface area contributed by atoms with Crippen LogP contribution in [0, 0.1) is 5.92 Å². The normalized spacial score (nSPS) is 11.2. The van der Waals surface area contributed by atoms with E-state index in [1.165, 1.54) is 6.08 Å². The first-order chi connectivity index (χ1) is 8.41. The van der Waals surface area contributed by atoms with E-state index in [0.29, 0.717) is 10.9 Å². The molecule has 0 radical (unpaired) electrons. The van der Waals surface area contributed by atoms with Gasteiger partial charge < -0.3 is 10.0 Å². The van der Waals surface area contributed by atoms with Crippen LogP contribution in [0.5, 0.6) is 0 Å². The Morgan fingerprint density at radius 3 is 2.72 bits per heavy atom. The van der Waals surface area contributed by atoms with E-state index in [0.717, 1.165) is 23.9 Å². The van der Waals surface area contributed by atoms with Crippen LogP contribution in [-0.2, 0) is 4.79 Å². The molecule has 3 nitrogen and oxygen atoms in total. The molecule has 0 heterocycles. The van der Waals surface area contributed by atoms with Crippen LogP contribution in [0.15, 0.2) is 24.3 Å². The third kappa shape index (κ3) is 4.08. The minimum atomic E-state index is -0.979. The van der Waals surface area contributed by atoms with Crippen molar-refractivity contribution in [3.63, 3.8) is 0 Å². The molecule has 0 aromatic heterocycles. The number of aliphatic carboxylic acids is 1. The Kier molecular flexibility index (Phi) is 5.23. The number of hydrogen-bond donors (Lipinski definition) is 1. The molecular weight excluding hydrogens is 250 g/mol. The lowest BCUT2D eigenvalue weighted by atomic mass is 10.1. The molecule has 1 aromatic carbocycles. The predicted octanol–water partition coefficient (Wildman–Crippen LogP) is 3.53. The minimum absolute atomic E-state index is 0.519. The van der Waals surface area contributed by atoms with Gasteiger partial charge in [-0.05, 0) is 24.1 Å². The number of carboxylic acid groups (broad SMARTS) is 1. The topological polar surface area (TPSA) is 40.5 Å². The molecule has 0 atom stereocenters. The molecule has 0 aliphatic heterocycles. The van der Waals surface area contributed by atoms with Crippen molar-refractivity contribution in [3.8, 4) is 0 Å². The molecule has 98 valence electrons. The molecular formula is C14H18ClNO2. The lowest BCUT2D eigenvalue weighted by Gasteiger charge is -2.24. The van der Waals surface area contributed by atoms with Crippen molar-refractivity contribution in [1.29, 1.82) is 0 Å². The Morgan fingerprint density at radius 2 is 2.17 bits per heavy atom. The third-order valence-corrected chi connectivity index (χ3v) is 2.80. The monoisotopic (exact) mass is 267 g/mol. The number of carboxylic acids is 1. The Labute approximate surface area is 113 Å². The first kappa shape index (κ1) is 14.6. The van der Waals surface area contributed by atoms with Gasteiger partial charge in [0.1, 0.15) is 0 Å². The van der Waals surface area contributed by atoms with Crippen LogP contribution in [0.2, 0.25) is 5.02 Å². The molecule has 4 heteroatoms. The average molecular weight is 268 g/mol. The van der Waals surface area contributed by atoms with Gasteiger partial charge >= 0.3 is 5.97 Å². The summed E-state index contributed by atoms with van der Waals surface area (Å²) in [5.74, 6) is -0.460. The van der Waals surface area contributed by atoms with Gasteiger partial charge in [-0.1, -0.05) is 31.5 Å². The molecule has 0 bridgehead atoms. The first-order valence-electron chi connectivity index (χ1n) is 5.82.